The fourth-order valence-corrected chi connectivity index (χ4v) is 4.83. The number of likely N-dealkylation sites (tertiary alicyclic amines) is 1. The molecule has 34 heavy (non-hydrogen) atoms. The average Bonchev–Trinajstić information content (AvgIpc) is 3.43. The molecular weight excluding hydrogens is 432 g/mol. The van der Waals surface area contributed by atoms with Crippen molar-refractivity contribution < 1.29 is 19.1 Å². The highest BCUT2D eigenvalue weighted by Crippen LogP contribution is 2.23. The molecule has 2 fully saturated rings. The Kier molecular flexibility index (Phi) is 6.76. The molecule has 2 aliphatic rings. The highest BCUT2D eigenvalue weighted by molar-refractivity contribution is 5.97. The highest BCUT2D eigenvalue weighted by Gasteiger charge is 2.26. The number of carbonyl (C=O) groups excluding carboxylic acids is 2. The van der Waals surface area contributed by atoms with E-state index in [1.807, 2.05) is 56.9 Å². The molecule has 5 rings (SSSR count). The number of hydrogen-bond acceptors (Lipinski definition) is 5. The molecule has 1 aromatic carbocycles. The maximum Gasteiger partial charge on any atom is 0.257 e. The number of amides is 2. The number of nitrogens with zero attached hydrogens (tertiary/aromatic N) is 4. The number of carbonyl (C=O) groups is 2. The van der Waals surface area contributed by atoms with Crippen molar-refractivity contribution in [2.24, 2.45) is 5.92 Å². The predicted octanol–water partition coefficient (Wildman–Crippen LogP) is 2.67. The smallest absolute Gasteiger partial charge is 0.257 e. The van der Waals surface area contributed by atoms with Crippen LogP contribution in [0.25, 0.3) is 5.52 Å². The van der Waals surface area contributed by atoms with Crippen LogP contribution < -0.4 is 4.74 Å². The Bertz CT molecular complexity index is 1160. The molecule has 2 saturated heterocycles. The van der Waals surface area contributed by atoms with Crippen molar-refractivity contribution in [3.05, 3.63) is 66.0 Å². The number of ether oxygens (including phenoxy) is 2. The fourth-order valence-electron chi connectivity index (χ4n) is 4.83. The molecule has 0 saturated carbocycles. The van der Waals surface area contributed by atoms with Gasteiger partial charge in [0.2, 0.25) is 5.91 Å². The second kappa shape index (κ2) is 10.3. The third-order valence-electron chi connectivity index (χ3n) is 6.57. The number of aromatic nitrogens is 2. The number of rotatable bonds is 7. The molecule has 0 aliphatic carbocycles. The summed E-state index contributed by atoms with van der Waals surface area (Å²) < 4.78 is 13.7. The first-order valence-electron chi connectivity index (χ1n) is 12.0. The van der Waals surface area contributed by atoms with E-state index in [0.717, 1.165) is 24.9 Å². The number of hydrogen-bond donors (Lipinski definition) is 0. The molecule has 2 aliphatic heterocycles. The van der Waals surface area contributed by atoms with Gasteiger partial charge in [-0.05, 0) is 42.7 Å². The summed E-state index contributed by atoms with van der Waals surface area (Å²) in [6.07, 6.45) is 6.07. The van der Waals surface area contributed by atoms with Crippen LogP contribution in [0.1, 0.15) is 28.8 Å². The van der Waals surface area contributed by atoms with Gasteiger partial charge in [0.25, 0.3) is 5.91 Å². The first kappa shape index (κ1) is 22.4. The van der Waals surface area contributed by atoms with Crippen molar-refractivity contribution in [3.8, 4) is 5.75 Å². The van der Waals surface area contributed by atoms with Crippen molar-refractivity contribution in [2.45, 2.75) is 19.3 Å². The van der Waals surface area contributed by atoms with Gasteiger partial charge in [-0.2, -0.15) is 5.10 Å². The molecule has 2 aromatic heterocycles. The molecule has 3 aromatic rings. The van der Waals surface area contributed by atoms with Gasteiger partial charge in [-0.1, -0.05) is 18.2 Å². The third-order valence-corrected chi connectivity index (χ3v) is 6.57. The zero-order chi connectivity index (χ0) is 23.3. The van der Waals surface area contributed by atoms with E-state index in [1.165, 1.54) is 5.56 Å². The Balaban J connectivity index is 1.26. The highest BCUT2D eigenvalue weighted by atomic mass is 16.5. The summed E-state index contributed by atoms with van der Waals surface area (Å²) in [6.45, 7) is 3.98. The third kappa shape index (κ3) is 4.92. The number of pyridine rings is 1. The molecular formula is C26H30N4O4. The van der Waals surface area contributed by atoms with Crippen molar-refractivity contribution in [2.75, 3.05) is 46.0 Å². The van der Waals surface area contributed by atoms with Crippen LogP contribution in [0, 0.1) is 5.92 Å². The van der Waals surface area contributed by atoms with Crippen molar-refractivity contribution in [1.29, 1.82) is 0 Å². The van der Waals surface area contributed by atoms with E-state index in [9.17, 15) is 9.59 Å². The van der Waals surface area contributed by atoms with Crippen LogP contribution in [0.5, 0.6) is 5.75 Å². The van der Waals surface area contributed by atoms with Crippen molar-refractivity contribution in [3.63, 3.8) is 0 Å². The predicted molar refractivity (Wildman–Crippen MR) is 127 cm³/mol. The summed E-state index contributed by atoms with van der Waals surface area (Å²) >= 11 is 0. The Morgan fingerprint density at radius 3 is 2.94 bits per heavy atom. The van der Waals surface area contributed by atoms with Gasteiger partial charge >= 0.3 is 0 Å². The summed E-state index contributed by atoms with van der Waals surface area (Å²) in [5, 5.41) is 4.32. The van der Waals surface area contributed by atoms with Crippen LogP contribution in [0.4, 0.5) is 0 Å². The van der Waals surface area contributed by atoms with Gasteiger partial charge in [-0.25, -0.2) is 4.52 Å². The van der Waals surface area contributed by atoms with E-state index in [0.29, 0.717) is 57.2 Å². The Morgan fingerprint density at radius 1 is 1.15 bits per heavy atom. The Morgan fingerprint density at radius 2 is 2.06 bits per heavy atom. The first-order chi connectivity index (χ1) is 16.7. The number of benzene rings is 1. The molecule has 8 heteroatoms. The molecule has 1 atom stereocenters. The minimum Gasteiger partial charge on any atom is -0.491 e. The Hall–Kier alpha value is -3.39. The summed E-state index contributed by atoms with van der Waals surface area (Å²) in [5.41, 5.74) is 2.83. The van der Waals surface area contributed by atoms with Crippen molar-refractivity contribution >= 4 is 17.3 Å². The lowest BCUT2D eigenvalue weighted by Gasteiger charge is -2.25. The monoisotopic (exact) mass is 462 g/mol. The van der Waals surface area contributed by atoms with E-state index in [4.69, 9.17) is 9.47 Å². The molecule has 178 valence electrons. The van der Waals surface area contributed by atoms with Gasteiger partial charge in [0.1, 0.15) is 12.4 Å². The maximum atomic E-state index is 13.5. The van der Waals surface area contributed by atoms with Crippen LogP contribution in [-0.2, 0) is 16.0 Å². The first-order valence-corrected chi connectivity index (χ1v) is 12.0. The lowest BCUT2D eigenvalue weighted by Crippen LogP contribution is -2.36. The van der Waals surface area contributed by atoms with E-state index in [1.54, 1.807) is 6.20 Å². The zero-order valence-corrected chi connectivity index (χ0v) is 19.3. The summed E-state index contributed by atoms with van der Waals surface area (Å²) in [4.78, 5) is 29.1. The topological polar surface area (TPSA) is 76.4 Å². The van der Waals surface area contributed by atoms with Crippen LogP contribution in [0.15, 0.2) is 54.9 Å². The van der Waals surface area contributed by atoms with Crippen LogP contribution >= 0.6 is 0 Å². The summed E-state index contributed by atoms with van der Waals surface area (Å²) in [6, 6.07) is 13.5. The number of para-hydroxylation sites is 1. The van der Waals surface area contributed by atoms with Gasteiger partial charge < -0.3 is 19.3 Å². The quantitative estimate of drug-likeness (QED) is 0.540. The average molecular weight is 463 g/mol. The van der Waals surface area contributed by atoms with Gasteiger partial charge in [-0.15, -0.1) is 0 Å². The fraction of sp³-hybridized carbons (Fsp3) is 0.423. The van der Waals surface area contributed by atoms with Crippen LogP contribution in [0.3, 0.4) is 0 Å². The second-order valence-electron chi connectivity index (χ2n) is 8.92. The van der Waals surface area contributed by atoms with Crippen LogP contribution in [-0.4, -0.2) is 77.2 Å². The van der Waals surface area contributed by atoms with E-state index in [2.05, 4.69) is 11.2 Å². The minimum atomic E-state index is -0.0501. The molecule has 0 N–H and O–H groups in total. The lowest BCUT2D eigenvalue weighted by atomic mass is 9.99. The van der Waals surface area contributed by atoms with Crippen LogP contribution in [0.2, 0.25) is 0 Å². The van der Waals surface area contributed by atoms with Gasteiger partial charge in [0, 0.05) is 44.4 Å². The number of fused-ring (bicyclic) bond motifs is 1. The van der Waals surface area contributed by atoms with Gasteiger partial charge in [0.15, 0.2) is 0 Å². The zero-order valence-electron chi connectivity index (χ0n) is 19.3. The standard InChI is InChI=1S/C26H30N4O4/c31-25-8-4-11-28(25)14-16-34-24-7-2-1-6-22(24)26(32)29-13-15-33-19-20(18-29)17-21-5-3-12-30-23(21)9-10-27-30/h1-3,5-7,9-10,12,20H,4,8,11,13-19H2/t20-/m1/s1. The molecule has 2 amide bonds. The second-order valence-corrected chi connectivity index (χ2v) is 8.92. The molecule has 4 heterocycles. The molecule has 0 radical (unpaired) electrons. The minimum absolute atomic E-state index is 0.0501. The SMILES string of the molecule is O=C1CCCN1CCOc1ccccc1C(=O)N1CCOC[C@H](Cc2cccn3nccc23)C1. The maximum absolute atomic E-state index is 13.5. The normalized spacial score (nSPS) is 18.9. The van der Waals surface area contributed by atoms with Crippen molar-refractivity contribution in [1.82, 2.24) is 19.4 Å². The molecule has 0 unspecified atom stereocenters. The molecule has 0 bridgehead atoms. The largest absolute Gasteiger partial charge is 0.491 e. The molecule has 0 spiro atoms. The molecule has 8 nitrogen and oxygen atoms in total. The summed E-state index contributed by atoms with van der Waals surface area (Å²) in [7, 11) is 0. The van der Waals surface area contributed by atoms with Gasteiger partial charge in [0.05, 0.1) is 30.8 Å². The Labute approximate surface area is 199 Å². The van der Waals surface area contributed by atoms with E-state index >= 15 is 0 Å². The summed E-state index contributed by atoms with van der Waals surface area (Å²) in [5.74, 6) is 0.868. The van der Waals surface area contributed by atoms with Gasteiger partial charge in [-0.3, -0.25) is 9.59 Å². The van der Waals surface area contributed by atoms with E-state index in [-0.39, 0.29) is 17.7 Å². The van der Waals surface area contributed by atoms with E-state index < -0.39 is 0 Å². The lowest BCUT2D eigenvalue weighted by molar-refractivity contribution is -0.128.